The molecule has 0 aromatic carbocycles. The van der Waals surface area contributed by atoms with Crippen molar-refractivity contribution in [3.8, 4) is 0 Å². The summed E-state index contributed by atoms with van der Waals surface area (Å²) < 4.78 is 7.01. The molecule has 200 valence electrons. The Bertz CT molecular complexity index is 1150. The highest BCUT2D eigenvalue weighted by Crippen LogP contribution is 2.52. The number of aliphatic carboxylic acids is 1. The SMILES string of the molecule is C=CCOC(=O)N1C[C@@H](SC2=C(C(=O)O)N3C(=O)[C@H]([C@@H](C)O)[C@H]3[C@H]2C)C[C@H]1CCn1cnc(C(N)=O)c1. The maximum Gasteiger partial charge on any atom is 0.410 e. The number of ether oxygens (including phenoxy) is 1. The summed E-state index contributed by atoms with van der Waals surface area (Å²) in [5.74, 6) is -3.08. The van der Waals surface area contributed by atoms with E-state index < -0.39 is 36.0 Å². The molecule has 4 N–H and O–H groups in total. The van der Waals surface area contributed by atoms with E-state index in [2.05, 4.69) is 11.6 Å². The van der Waals surface area contributed by atoms with Crippen LogP contribution in [0.4, 0.5) is 4.79 Å². The lowest BCUT2D eigenvalue weighted by molar-refractivity contribution is -0.163. The number of fused-ring (bicyclic) bond motifs is 1. The third kappa shape index (κ3) is 4.97. The average molecular weight is 534 g/mol. The van der Waals surface area contributed by atoms with Crippen molar-refractivity contribution in [2.24, 2.45) is 17.6 Å². The van der Waals surface area contributed by atoms with Crippen LogP contribution in [0.1, 0.15) is 37.2 Å². The van der Waals surface area contributed by atoms with Gasteiger partial charge in [-0.15, -0.1) is 11.8 Å². The topological polar surface area (TPSA) is 168 Å². The number of aromatic nitrogens is 2. The smallest absolute Gasteiger partial charge is 0.410 e. The van der Waals surface area contributed by atoms with E-state index in [0.717, 1.165) is 0 Å². The molecule has 0 bridgehead atoms. The number of thioether (sulfide) groups is 1. The Morgan fingerprint density at radius 1 is 1.41 bits per heavy atom. The average Bonchev–Trinajstić information content (AvgIpc) is 3.52. The van der Waals surface area contributed by atoms with Crippen molar-refractivity contribution in [2.45, 2.75) is 56.7 Å². The van der Waals surface area contributed by atoms with Crippen LogP contribution in [-0.2, 0) is 20.9 Å². The first-order valence-corrected chi connectivity index (χ1v) is 12.9. The van der Waals surface area contributed by atoms with Gasteiger partial charge in [0.2, 0.25) is 5.91 Å². The predicted octanol–water partition coefficient (Wildman–Crippen LogP) is 1.02. The molecular formula is C24H31N5O7S. The van der Waals surface area contributed by atoms with Gasteiger partial charge in [-0.25, -0.2) is 14.6 Å². The monoisotopic (exact) mass is 533 g/mol. The first-order chi connectivity index (χ1) is 17.5. The van der Waals surface area contributed by atoms with Crippen LogP contribution in [0.2, 0.25) is 0 Å². The highest BCUT2D eigenvalue weighted by atomic mass is 32.2. The molecule has 0 aliphatic carbocycles. The number of likely N-dealkylation sites (tertiary alicyclic amines) is 1. The number of primary amides is 1. The van der Waals surface area contributed by atoms with Crippen LogP contribution < -0.4 is 5.73 Å². The normalized spacial score (nSPS) is 27.6. The standard InChI is InChI=1S/C24H31N5O7S/c1-4-7-36-24(35)28-9-15(8-14(28)5-6-27-10-16(21(25)31)26-11-27)37-20-12(2)18-17(13(3)30)22(32)29(18)19(20)23(33)34/h4,10-15,17-18,30H,1,5-9H2,2-3H3,(H2,25,31)(H,33,34)/t12-,13-,14-,15+,17-,18-/m1/s1. The Morgan fingerprint density at radius 3 is 2.73 bits per heavy atom. The fourth-order valence-electron chi connectivity index (χ4n) is 5.44. The maximum absolute atomic E-state index is 12.8. The minimum Gasteiger partial charge on any atom is -0.477 e. The summed E-state index contributed by atoms with van der Waals surface area (Å²) in [5.41, 5.74) is 5.39. The molecule has 2 fully saturated rings. The third-order valence-electron chi connectivity index (χ3n) is 7.15. The van der Waals surface area contributed by atoms with Gasteiger partial charge in [-0.3, -0.25) is 9.59 Å². The molecule has 4 heterocycles. The lowest BCUT2D eigenvalue weighted by Gasteiger charge is -2.46. The second-order valence-electron chi connectivity index (χ2n) is 9.57. The molecule has 3 amide bonds. The van der Waals surface area contributed by atoms with Gasteiger partial charge in [-0.1, -0.05) is 19.6 Å². The number of nitrogens with two attached hydrogens (primary N) is 1. The molecule has 12 nitrogen and oxygen atoms in total. The van der Waals surface area contributed by atoms with E-state index in [1.54, 1.807) is 22.6 Å². The Labute approximate surface area is 218 Å². The van der Waals surface area contributed by atoms with Gasteiger partial charge in [-0.2, -0.15) is 0 Å². The third-order valence-corrected chi connectivity index (χ3v) is 8.64. The Balaban J connectivity index is 1.51. The Kier molecular flexibility index (Phi) is 7.64. The van der Waals surface area contributed by atoms with Gasteiger partial charge in [-0.05, 0) is 19.8 Å². The summed E-state index contributed by atoms with van der Waals surface area (Å²) in [6.07, 6.45) is 4.30. The summed E-state index contributed by atoms with van der Waals surface area (Å²) in [6, 6.07) is -0.601. The number of carbonyl (C=O) groups excluding carboxylic acids is 3. The van der Waals surface area contributed by atoms with Crippen LogP contribution in [0, 0.1) is 11.8 Å². The summed E-state index contributed by atoms with van der Waals surface area (Å²) >= 11 is 1.37. The van der Waals surface area contributed by atoms with Crippen molar-refractivity contribution >= 4 is 35.6 Å². The van der Waals surface area contributed by atoms with Crippen molar-refractivity contribution < 1.29 is 34.1 Å². The van der Waals surface area contributed by atoms with Gasteiger partial charge in [0.25, 0.3) is 5.91 Å². The fourth-order valence-corrected chi connectivity index (χ4v) is 7.00. The van der Waals surface area contributed by atoms with Crippen molar-refractivity contribution in [1.82, 2.24) is 19.4 Å². The Morgan fingerprint density at radius 2 is 2.14 bits per heavy atom. The minimum atomic E-state index is -1.18. The quantitative estimate of drug-likeness (QED) is 0.294. The van der Waals surface area contributed by atoms with Gasteiger partial charge < -0.3 is 35.1 Å². The maximum atomic E-state index is 12.8. The van der Waals surface area contributed by atoms with Crippen molar-refractivity contribution in [3.63, 3.8) is 0 Å². The van der Waals surface area contributed by atoms with Crippen LogP contribution in [-0.4, -0.2) is 90.0 Å². The van der Waals surface area contributed by atoms with Crippen molar-refractivity contribution in [1.29, 1.82) is 0 Å². The highest BCUT2D eigenvalue weighted by Gasteiger charge is 2.60. The first-order valence-electron chi connectivity index (χ1n) is 12.1. The molecule has 37 heavy (non-hydrogen) atoms. The van der Waals surface area contributed by atoms with Crippen LogP contribution >= 0.6 is 11.8 Å². The van der Waals surface area contributed by atoms with E-state index in [4.69, 9.17) is 10.5 Å². The number of amides is 3. The van der Waals surface area contributed by atoms with Crippen LogP contribution in [0.15, 0.2) is 35.8 Å². The number of aliphatic hydroxyl groups is 1. The van der Waals surface area contributed by atoms with Crippen LogP contribution in [0.25, 0.3) is 0 Å². The van der Waals surface area contributed by atoms with E-state index in [1.807, 2.05) is 6.92 Å². The molecule has 0 radical (unpaired) electrons. The van der Waals surface area contributed by atoms with E-state index in [0.29, 0.717) is 30.8 Å². The number of aryl methyl sites for hydroxylation is 1. The molecular weight excluding hydrogens is 502 g/mol. The largest absolute Gasteiger partial charge is 0.477 e. The Hall–Kier alpha value is -3.32. The summed E-state index contributed by atoms with van der Waals surface area (Å²) in [4.78, 5) is 56.4. The summed E-state index contributed by atoms with van der Waals surface area (Å²) in [7, 11) is 0. The molecule has 6 atom stereocenters. The number of aliphatic hydroxyl groups excluding tert-OH is 1. The number of carbonyl (C=O) groups is 4. The molecule has 3 aliphatic rings. The van der Waals surface area contributed by atoms with E-state index in [-0.39, 0.29) is 41.1 Å². The number of β-lactam (4-membered cyclic amide) rings is 1. The number of carboxylic acids is 1. The molecule has 3 aliphatic heterocycles. The zero-order valence-electron chi connectivity index (χ0n) is 20.6. The molecule has 2 saturated heterocycles. The number of hydrogen-bond donors (Lipinski definition) is 3. The summed E-state index contributed by atoms with van der Waals surface area (Å²) in [5, 5.41) is 19.9. The minimum absolute atomic E-state index is 0.0361. The van der Waals surface area contributed by atoms with E-state index >= 15 is 0 Å². The number of imidazole rings is 1. The van der Waals surface area contributed by atoms with Crippen molar-refractivity contribution in [3.05, 3.63) is 41.5 Å². The molecule has 0 spiro atoms. The number of nitrogens with zero attached hydrogens (tertiary/aromatic N) is 4. The molecule has 1 aromatic heterocycles. The predicted molar refractivity (Wildman–Crippen MR) is 133 cm³/mol. The summed E-state index contributed by atoms with van der Waals surface area (Å²) in [6.45, 7) is 7.86. The molecule has 0 saturated carbocycles. The zero-order valence-corrected chi connectivity index (χ0v) is 21.5. The van der Waals surface area contributed by atoms with E-state index in [1.165, 1.54) is 29.1 Å². The lowest BCUT2D eigenvalue weighted by atomic mass is 9.79. The van der Waals surface area contributed by atoms with Crippen LogP contribution in [0.3, 0.4) is 0 Å². The molecule has 1 aromatic rings. The number of carboxylic acid groups (broad SMARTS) is 1. The second kappa shape index (κ2) is 10.6. The highest BCUT2D eigenvalue weighted by molar-refractivity contribution is 8.03. The molecule has 0 unspecified atom stereocenters. The van der Waals surface area contributed by atoms with Gasteiger partial charge in [0.05, 0.1) is 24.4 Å². The van der Waals surface area contributed by atoms with Crippen molar-refractivity contribution in [2.75, 3.05) is 13.2 Å². The zero-order chi connectivity index (χ0) is 27.0. The van der Waals surface area contributed by atoms with Gasteiger partial charge in [0.15, 0.2) is 0 Å². The number of rotatable bonds is 10. The first kappa shape index (κ1) is 26.7. The van der Waals surface area contributed by atoms with E-state index in [9.17, 15) is 29.4 Å². The van der Waals surface area contributed by atoms with Crippen LogP contribution in [0.5, 0.6) is 0 Å². The van der Waals surface area contributed by atoms with Gasteiger partial charge in [0.1, 0.15) is 18.0 Å². The van der Waals surface area contributed by atoms with Gasteiger partial charge in [0, 0.05) is 41.4 Å². The molecule has 4 rings (SSSR count). The fraction of sp³-hybridized carbons (Fsp3) is 0.542. The lowest BCUT2D eigenvalue weighted by Crippen LogP contribution is -2.63. The second-order valence-corrected chi connectivity index (χ2v) is 10.9. The van der Waals surface area contributed by atoms with Gasteiger partial charge >= 0.3 is 12.1 Å². The molecule has 13 heteroatoms. The number of hydrogen-bond acceptors (Lipinski definition) is 8.